The Bertz CT molecular complexity index is 1450. The van der Waals surface area contributed by atoms with Gasteiger partial charge >= 0.3 is 0 Å². The zero-order chi connectivity index (χ0) is 26.7. The molecule has 0 spiro atoms. The van der Waals surface area contributed by atoms with Crippen LogP contribution in [0.3, 0.4) is 0 Å². The molecule has 0 saturated heterocycles. The summed E-state index contributed by atoms with van der Waals surface area (Å²) in [5, 5.41) is 21.6. The summed E-state index contributed by atoms with van der Waals surface area (Å²) in [5.41, 5.74) is 1.07. The predicted molar refractivity (Wildman–Crippen MR) is 137 cm³/mol. The van der Waals surface area contributed by atoms with Gasteiger partial charge in [0.05, 0.1) is 12.6 Å². The van der Waals surface area contributed by atoms with Crippen molar-refractivity contribution < 1.29 is 23.8 Å². The van der Waals surface area contributed by atoms with Crippen LogP contribution in [0.5, 0.6) is 11.5 Å². The third kappa shape index (κ3) is 5.69. The lowest BCUT2D eigenvalue weighted by Crippen LogP contribution is -2.50. The summed E-state index contributed by atoms with van der Waals surface area (Å²) in [6, 6.07) is 15.8. The normalized spacial score (nSPS) is 12.2. The van der Waals surface area contributed by atoms with Crippen LogP contribution in [0.4, 0.5) is 10.1 Å². The molecule has 0 radical (unpaired) electrons. The van der Waals surface area contributed by atoms with Gasteiger partial charge in [-0.25, -0.2) is 9.07 Å². The van der Waals surface area contributed by atoms with E-state index in [1.54, 1.807) is 30.3 Å². The minimum atomic E-state index is -1.25. The van der Waals surface area contributed by atoms with Crippen LogP contribution in [-0.4, -0.2) is 44.6 Å². The lowest BCUT2D eigenvalue weighted by molar-refractivity contribution is -0.128. The molecule has 1 aromatic heterocycles. The number of benzene rings is 3. The number of ether oxygens (including phenoxy) is 1. The second-order valence-corrected chi connectivity index (χ2v) is 9.55. The summed E-state index contributed by atoms with van der Waals surface area (Å²) in [6.45, 7) is 5.16. The predicted octanol–water partition coefficient (Wildman–Crippen LogP) is 3.97. The molecule has 0 fully saturated rings. The van der Waals surface area contributed by atoms with Crippen molar-refractivity contribution in [3.8, 4) is 11.5 Å². The number of halogens is 1. The minimum absolute atomic E-state index is 0.166. The minimum Gasteiger partial charge on any atom is -0.504 e. The third-order valence-corrected chi connectivity index (χ3v) is 5.58. The Balaban J connectivity index is 1.85. The van der Waals surface area contributed by atoms with E-state index in [9.17, 15) is 19.1 Å². The van der Waals surface area contributed by atoms with E-state index in [1.807, 2.05) is 26.8 Å². The molecule has 4 aromatic rings. The average Bonchev–Trinajstić information content (AvgIpc) is 3.24. The van der Waals surface area contributed by atoms with Crippen molar-refractivity contribution in [1.29, 1.82) is 0 Å². The number of aromatic nitrogens is 3. The number of hydrogen-bond acceptors (Lipinski definition) is 6. The van der Waals surface area contributed by atoms with Crippen LogP contribution in [0.25, 0.3) is 11.0 Å². The molecule has 2 N–H and O–H groups in total. The summed E-state index contributed by atoms with van der Waals surface area (Å²) < 4.78 is 20.9. The first-order valence-electron chi connectivity index (χ1n) is 11.6. The summed E-state index contributed by atoms with van der Waals surface area (Å²) in [7, 11) is 1.41. The number of aromatic hydroxyl groups is 1. The third-order valence-electron chi connectivity index (χ3n) is 5.58. The van der Waals surface area contributed by atoms with Gasteiger partial charge in [-0.15, -0.1) is 5.10 Å². The van der Waals surface area contributed by atoms with Gasteiger partial charge in [-0.1, -0.05) is 29.5 Å². The maximum absolute atomic E-state index is 14.4. The van der Waals surface area contributed by atoms with Crippen LogP contribution in [0.15, 0.2) is 66.7 Å². The number of methoxy groups -OCH3 is 1. The highest BCUT2D eigenvalue weighted by Gasteiger charge is 2.35. The fourth-order valence-corrected chi connectivity index (χ4v) is 4.03. The van der Waals surface area contributed by atoms with Crippen LogP contribution in [0.1, 0.15) is 32.4 Å². The van der Waals surface area contributed by atoms with Crippen LogP contribution in [0, 0.1) is 5.82 Å². The fraction of sp³-hybridized carbons (Fsp3) is 0.259. The molecule has 9 nitrogen and oxygen atoms in total. The highest BCUT2D eigenvalue weighted by Crippen LogP contribution is 2.34. The number of phenolic OH excluding ortho intramolecular Hbond substituents is 1. The lowest BCUT2D eigenvalue weighted by atomic mass is 10.00. The number of anilines is 1. The van der Waals surface area contributed by atoms with Crippen LogP contribution >= 0.6 is 0 Å². The Morgan fingerprint density at radius 2 is 1.86 bits per heavy atom. The van der Waals surface area contributed by atoms with Gasteiger partial charge in [0.25, 0.3) is 0 Å². The molecule has 1 heterocycles. The molecule has 0 aliphatic heterocycles. The highest BCUT2D eigenvalue weighted by atomic mass is 19.1. The molecule has 0 aliphatic rings. The Hall–Kier alpha value is -4.47. The number of carbonyl (C=O) groups is 2. The smallest absolute Gasteiger partial charge is 0.249 e. The number of hydrogen-bond donors (Lipinski definition) is 2. The van der Waals surface area contributed by atoms with Gasteiger partial charge in [0.15, 0.2) is 11.5 Å². The molecule has 37 heavy (non-hydrogen) atoms. The van der Waals surface area contributed by atoms with Crippen molar-refractivity contribution in [2.75, 3.05) is 12.0 Å². The van der Waals surface area contributed by atoms with Crippen molar-refractivity contribution in [2.24, 2.45) is 0 Å². The first kappa shape index (κ1) is 25.6. The first-order chi connectivity index (χ1) is 17.6. The van der Waals surface area contributed by atoms with Crippen LogP contribution < -0.4 is 15.0 Å². The number of nitrogens with one attached hydrogen (secondary N) is 1. The molecular weight excluding hydrogens is 477 g/mol. The highest BCUT2D eigenvalue weighted by molar-refractivity contribution is 6.01. The topological polar surface area (TPSA) is 110 Å². The summed E-state index contributed by atoms with van der Waals surface area (Å²) in [5.74, 6) is -1.63. The Kier molecular flexibility index (Phi) is 7.10. The van der Waals surface area contributed by atoms with E-state index in [4.69, 9.17) is 4.74 Å². The molecule has 4 rings (SSSR count). The van der Waals surface area contributed by atoms with Gasteiger partial charge in [-0.3, -0.25) is 14.5 Å². The van der Waals surface area contributed by atoms with Gasteiger partial charge in [0.1, 0.15) is 23.9 Å². The van der Waals surface area contributed by atoms with Gasteiger partial charge in [-0.2, -0.15) is 0 Å². The molecule has 0 bridgehead atoms. The number of para-hydroxylation sites is 1. The van der Waals surface area contributed by atoms with Crippen molar-refractivity contribution in [1.82, 2.24) is 20.3 Å². The Morgan fingerprint density at radius 3 is 2.54 bits per heavy atom. The number of fused-ring (bicyclic) bond motifs is 1. The van der Waals surface area contributed by atoms with Gasteiger partial charge in [-0.05, 0) is 68.8 Å². The fourth-order valence-electron chi connectivity index (χ4n) is 4.03. The quantitative estimate of drug-likeness (QED) is 0.393. The van der Waals surface area contributed by atoms with Crippen molar-refractivity contribution in [3.63, 3.8) is 0 Å². The van der Waals surface area contributed by atoms with Crippen molar-refractivity contribution in [2.45, 2.75) is 38.9 Å². The zero-order valence-corrected chi connectivity index (χ0v) is 21.0. The molecule has 192 valence electrons. The van der Waals surface area contributed by atoms with Crippen LogP contribution in [-0.2, 0) is 16.1 Å². The standard InChI is InChI=1S/C27H28FN5O4/c1-27(2,3)29-26(36)25(17-12-13-23(37-4)22(34)14-17)33(19-9-7-8-18(28)15-19)24(35)16-32-21-11-6-5-10-20(21)30-31-32/h5-15,25,34H,16H2,1-4H3,(H,29,36). The molecule has 10 heteroatoms. The largest absolute Gasteiger partial charge is 0.504 e. The second-order valence-electron chi connectivity index (χ2n) is 9.55. The van der Waals surface area contributed by atoms with Gasteiger partial charge in [0.2, 0.25) is 11.8 Å². The van der Waals surface area contributed by atoms with E-state index in [0.29, 0.717) is 16.6 Å². The van der Waals surface area contributed by atoms with Crippen molar-refractivity contribution in [3.05, 3.63) is 78.1 Å². The first-order valence-corrected chi connectivity index (χ1v) is 11.6. The molecular formula is C27H28FN5O4. The van der Waals surface area contributed by atoms with E-state index in [-0.39, 0.29) is 23.7 Å². The van der Waals surface area contributed by atoms with E-state index >= 15 is 0 Å². The molecule has 3 aromatic carbocycles. The molecule has 1 unspecified atom stereocenters. The number of phenols is 1. The maximum atomic E-state index is 14.4. The SMILES string of the molecule is COc1ccc(C(C(=O)NC(C)(C)C)N(C(=O)Cn2nnc3ccccc32)c2cccc(F)c2)cc1O. The lowest BCUT2D eigenvalue weighted by Gasteiger charge is -2.34. The Labute approximate surface area is 213 Å². The monoisotopic (exact) mass is 505 g/mol. The molecule has 0 aliphatic carbocycles. The summed E-state index contributed by atoms with van der Waals surface area (Å²) in [4.78, 5) is 28.8. The van der Waals surface area contributed by atoms with Gasteiger partial charge < -0.3 is 15.2 Å². The van der Waals surface area contributed by atoms with Crippen LogP contribution in [0.2, 0.25) is 0 Å². The van der Waals surface area contributed by atoms with E-state index in [2.05, 4.69) is 15.6 Å². The number of amides is 2. The number of nitrogens with zero attached hydrogens (tertiary/aromatic N) is 4. The van der Waals surface area contributed by atoms with E-state index < -0.39 is 29.2 Å². The number of rotatable bonds is 7. The molecule has 1 atom stereocenters. The second kappa shape index (κ2) is 10.3. The maximum Gasteiger partial charge on any atom is 0.249 e. The zero-order valence-electron chi connectivity index (χ0n) is 21.0. The molecule has 2 amide bonds. The van der Waals surface area contributed by atoms with E-state index in [1.165, 1.54) is 47.0 Å². The summed E-state index contributed by atoms with van der Waals surface area (Å²) in [6.07, 6.45) is 0. The summed E-state index contributed by atoms with van der Waals surface area (Å²) >= 11 is 0. The average molecular weight is 506 g/mol. The molecule has 0 saturated carbocycles. The number of carbonyl (C=O) groups excluding carboxylic acids is 2. The van der Waals surface area contributed by atoms with Gasteiger partial charge in [0, 0.05) is 11.2 Å². The van der Waals surface area contributed by atoms with E-state index in [0.717, 1.165) is 0 Å². The van der Waals surface area contributed by atoms with Crippen molar-refractivity contribution >= 4 is 28.5 Å². The Morgan fingerprint density at radius 1 is 1.11 bits per heavy atom.